The maximum absolute atomic E-state index is 13.0. The van der Waals surface area contributed by atoms with E-state index in [9.17, 15) is 18.0 Å². The Kier molecular flexibility index (Phi) is 7.79. The number of carbonyl (C=O) groups is 2. The van der Waals surface area contributed by atoms with Crippen molar-refractivity contribution in [3.05, 3.63) is 12.4 Å². The van der Waals surface area contributed by atoms with Gasteiger partial charge in [-0.05, 0) is 67.7 Å². The SMILES string of the molecule is CC(NC(=O)OC(C)(C)C)C(=O)N1CCC(CS(=O)(=O)c2ncc(B3OC(C)(C)C(C)(C)O3)cn2)C1. The van der Waals surface area contributed by atoms with Gasteiger partial charge in [0.2, 0.25) is 20.9 Å². The predicted octanol–water partition coefficient (Wildman–Crippen LogP) is 1.31. The molecular formula is C23H37BN4O7S. The van der Waals surface area contributed by atoms with Crippen molar-refractivity contribution in [1.82, 2.24) is 20.2 Å². The molecule has 0 radical (unpaired) electrons. The molecule has 0 aliphatic carbocycles. The van der Waals surface area contributed by atoms with Gasteiger partial charge in [-0.2, -0.15) is 0 Å². The summed E-state index contributed by atoms with van der Waals surface area (Å²) >= 11 is 0. The molecule has 2 aliphatic rings. The van der Waals surface area contributed by atoms with Gasteiger partial charge in [-0.3, -0.25) is 4.79 Å². The molecule has 1 N–H and O–H groups in total. The van der Waals surface area contributed by atoms with E-state index in [0.717, 1.165) is 0 Å². The van der Waals surface area contributed by atoms with E-state index in [1.54, 1.807) is 32.6 Å². The molecule has 36 heavy (non-hydrogen) atoms. The van der Waals surface area contributed by atoms with Crippen LogP contribution >= 0.6 is 0 Å². The molecule has 200 valence electrons. The number of amides is 2. The first-order chi connectivity index (χ1) is 16.4. The molecular weight excluding hydrogens is 487 g/mol. The van der Waals surface area contributed by atoms with Gasteiger partial charge in [0.1, 0.15) is 11.6 Å². The Morgan fingerprint density at radius 3 is 2.28 bits per heavy atom. The standard InChI is InChI=1S/C23H37BN4O7S/c1-15(27-20(30)33-21(2,3)4)18(29)28-10-9-16(13-28)14-36(31,32)19-25-11-17(12-26-19)24-34-22(5,6)23(7,8)35-24/h11-12,15-16H,9-10,13-14H2,1-8H3,(H,27,30). The van der Waals surface area contributed by atoms with Gasteiger partial charge in [-0.1, -0.05) is 0 Å². The molecule has 0 bridgehead atoms. The van der Waals surface area contributed by atoms with Gasteiger partial charge in [0.05, 0.1) is 17.0 Å². The van der Waals surface area contributed by atoms with Crippen LogP contribution in [-0.4, -0.2) is 84.1 Å². The van der Waals surface area contributed by atoms with E-state index >= 15 is 0 Å². The lowest BCUT2D eigenvalue weighted by Gasteiger charge is -2.32. The van der Waals surface area contributed by atoms with Gasteiger partial charge in [0.25, 0.3) is 0 Å². The first kappa shape index (κ1) is 28.3. The summed E-state index contributed by atoms with van der Waals surface area (Å²) < 4.78 is 43.0. The van der Waals surface area contributed by atoms with Crippen LogP contribution in [-0.2, 0) is 28.7 Å². The highest BCUT2D eigenvalue weighted by Crippen LogP contribution is 2.36. The number of sulfone groups is 1. The Morgan fingerprint density at radius 1 is 1.19 bits per heavy atom. The molecule has 0 spiro atoms. The summed E-state index contributed by atoms with van der Waals surface area (Å²) in [5.41, 5.74) is -1.20. The summed E-state index contributed by atoms with van der Waals surface area (Å²) in [4.78, 5) is 34.4. The molecule has 3 rings (SSSR count). The van der Waals surface area contributed by atoms with E-state index in [2.05, 4.69) is 15.3 Å². The lowest BCUT2D eigenvalue weighted by molar-refractivity contribution is -0.132. The monoisotopic (exact) mass is 524 g/mol. The molecule has 2 atom stereocenters. The molecule has 2 aliphatic heterocycles. The van der Waals surface area contributed by atoms with Crippen molar-refractivity contribution in [3.63, 3.8) is 0 Å². The van der Waals surface area contributed by atoms with Crippen LogP contribution < -0.4 is 10.8 Å². The molecule has 11 nitrogen and oxygen atoms in total. The highest BCUT2D eigenvalue weighted by Gasteiger charge is 2.52. The summed E-state index contributed by atoms with van der Waals surface area (Å²) in [5.74, 6) is -0.733. The molecule has 0 aromatic carbocycles. The number of hydrogen-bond acceptors (Lipinski definition) is 9. The van der Waals surface area contributed by atoms with Crippen LogP contribution in [0.3, 0.4) is 0 Å². The van der Waals surface area contributed by atoms with Gasteiger partial charge in [0, 0.05) is 30.9 Å². The van der Waals surface area contributed by atoms with Crippen LogP contribution in [0.1, 0.15) is 61.8 Å². The van der Waals surface area contributed by atoms with Gasteiger partial charge < -0.3 is 24.3 Å². The maximum atomic E-state index is 13.0. The number of hydrogen-bond donors (Lipinski definition) is 1. The normalized spacial score (nSPS) is 22.4. The number of nitrogens with zero attached hydrogens (tertiary/aromatic N) is 3. The average molecular weight is 524 g/mol. The third-order valence-electron chi connectivity index (χ3n) is 6.61. The predicted molar refractivity (Wildman–Crippen MR) is 133 cm³/mol. The first-order valence-electron chi connectivity index (χ1n) is 12.1. The Labute approximate surface area is 213 Å². The van der Waals surface area contributed by atoms with Gasteiger partial charge >= 0.3 is 13.2 Å². The molecule has 0 saturated carbocycles. The highest BCUT2D eigenvalue weighted by atomic mass is 32.2. The Balaban J connectivity index is 1.56. The second-order valence-corrected chi connectivity index (χ2v) is 13.4. The quantitative estimate of drug-likeness (QED) is 0.431. The minimum atomic E-state index is -3.77. The van der Waals surface area contributed by atoms with Gasteiger partial charge in [-0.15, -0.1) is 0 Å². The zero-order valence-electron chi connectivity index (χ0n) is 22.3. The summed E-state index contributed by atoms with van der Waals surface area (Å²) in [6.45, 7) is 15.2. The second-order valence-electron chi connectivity index (χ2n) is 11.5. The largest absolute Gasteiger partial charge is 0.498 e. The Bertz CT molecular complexity index is 1070. The van der Waals surface area contributed by atoms with E-state index in [0.29, 0.717) is 18.4 Å². The Hall–Kier alpha value is -2.25. The number of nitrogens with one attached hydrogen (secondary N) is 1. The minimum Gasteiger partial charge on any atom is -0.444 e. The molecule has 2 unspecified atom stereocenters. The molecule has 2 saturated heterocycles. The highest BCUT2D eigenvalue weighted by molar-refractivity contribution is 7.91. The number of ether oxygens (including phenoxy) is 1. The topological polar surface area (TPSA) is 137 Å². The number of rotatable bonds is 6. The number of likely N-dealkylation sites (tertiary alicyclic amines) is 1. The van der Waals surface area contributed by atoms with Crippen LogP contribution in [0.4, 0.5) is 4.79 Å². The molecule has 13 heteroatoms. The molecule has 2 fully saturated rings. The summed E-state index contributed by atoms with van der Waals surface area (Å²) in [5, 5.41) is 2.26. The Morgan fingerprint density at radius 2 is 1.75 bits per heavy atom. The van der Waals surface area contributed by atoms with E-state index in [1.807, 2.05) is 27.7 Å². The average Bonchev–Trinajstić information content (AvgIpc) is 3.26. The zero-order chi connectivity index (χ0) is 27.1. The lowest BCUT2D eigenvalue weighted by Crippen LogP contribution is -2.47. The van der Waals surface area contributed by atoms with E-state index in [4.69, 9.17) is 14.0 Å². The summed E-state index contributed by atoms with van der Waals surface area (Å²) in [6, 6.07) is -0.791. The summed E-state index contributed by atoms with van der Waals surface area (Å²) in [6.07, 6.45) is 2.67. The fraction of sp³-hybridized carbons (Fsp3) is 0.739. The maximum Gasteiger partial charge on any atom is 0.498 e. The minimum absolute atomic E-state index is 0.180. The van der Waals surface area contributed by atoms with Crippen molar-refractivity contribution in [2.75, 3.05) is 18.8 Å². The summed E-state index contributed by atoms with van der Waals surface area (Å²) in [7, 11) is -4.45. The van der Waals surface area contributed by atoms with Crippen LogP contribution in [0.5, 0.6) is 0 Å². The molecule has 1 aromatic heterocycles. The molecule has 3 heterocycles. The van der Waals surface area contributed by atoms with Crippen LogP contribution in [0.25, 0.3) is 0 Å². The fourth-order valence-electron chi connectivity index (χ4n) is 3.96. The van der Waals surface area contributed by atoms with Gasteiger partial charge in [0.15, 0.2) is 0 Å². The molecule has 1 aromatic rings. The van der Waals surface area contributed by atoms with Crippen LogP contribution in [0, 0.1) is 5.92 Å². The van der Waals surface area contributed by atoms with Crippen LogP contribution in [0.15, 0.2) is 17.6 Å². The first-order valence-corrected chi connectivity index (χ1v) is 13.7. The van der Waals surface area contributed by atoms with Crippen molar-refractivity contribution in [2.45, 2.75) is 89.8 Å². The number of carbonyl (C=O) groups excluding carboxylic acids is 2. The lowest BCUT2D eigenvalue weighted by atomic mass is 9.81. The fourth-order valence-corrected chi connectivity index (χ4v) is 5.43. The van der Waals surface area contributed by atoms with Crippen molar-refractivity contribution in [3.8, 4) is 0 Å². The number of aromatic nitrogens is 2. The third-order valence-corrected chi connectivity index (χ3v) is 8.29. The van der Waals surface area contributed by atoms with Crippen molar-refractivity contribution in [2.24, 2.45) is 5.92 Å². The smallest absolute Gasteiger partial charge is 0.444 e. The third kappa shape index (κ3) is 6.54. The van der Waals surface area contributed by atoms with Crippen LogP contribution in [0.2, 0.25) is 0 Å². The van der Waals surface area contributed by atoms with E-state index in [1.165, 1.54) is 12.4 Å². The van der Waals surface area contributed by atoms with Gasteiger partial charge in [-0.25, -0.2) is 23.2 Å². The number of alkyl carbamates (subject to hydrolysis) is 1. The zero-order valence-corrected chi connectivity index (χ0v) is 23.1. The van der Waals surface area contributed by atoms with E-state index in [-0.39, 0.29) is 29.3 Å². The van der Waals surface area contributed by atoms with Crippen molar-refractivity contribution in [1.29, 1.82) is 0 Å². The molecule has 2 amide bonds. The van der Waals surface area contributed by atoms with Crippen molar-refractivity contribution < 1.29 is 32.1 Å². The van der Waals surface area contributed by atoms with E-state index < -0.39 is 45.9 Å². The van der Waals surface area contributed by atoms with Crippen molar-refractivity contribution >= 4 is 34.4 Å². The second kappa shape index (κ2) is 9.90.